The van der Waals surface area contributed by atoms with Gasteiger partial charge in [-0.2, -0.15) is 5.10 Å². The molecule has 0 heterocycles. The minimum atomic E-state index is 0.00742. The number of halogens is 1. The van der Waals surface area contributed by atoms with E-state index in [0.29, 0.717) is 16.6 Å². The summed E-state index contributed by atoms with van der Waals surface area (Å²) in [5, 5.41) is 13.9. The molecule has 1 aromatic rings. The number of hydrazone groups is 1. The van der Waals surface area contributed by atoms with E-state index in [-0.39, 0.29) is 17.1 Å². The summed E-state index contributed by atoms with van der Waals surface area (Å²) >= 11 is 3.28. The Morgan fingerprint density at radius 1 is 1.31 bits per heavy atom. The molecule has 26 heavy (non-hydrogen) atoms. The summed E-state index contributed by atoms with van der Waals surface area (Å²) in [6.07, 6.45) is 9.99. The summed E-state index contributed by atoms with van der Waals surface area (Å²) in [4.78, 5) is 12.5. The van der Waals surface area contributed by atoms with Gasteiger partial charge < -0.3 is 9.84 Å². The highest BCUT2D eigenvalue weighted by Crippen LogP contribution is 2.61. The lowest BCUT2D eigenvalue weighted by atomic mass is 9.49. The lowest BCUT2D eigenvalue weighted by Crippen LogP contribution is -2.47. The van der Waals surface area contributed by atoms with Crippen molar-refractivity contribution in [2.24, 2.45) is 28.3 Å². The Balaban J connectivity index is 1.37. The van der Waals surface area contributed by atoms with Crippen LogP contribution in [0.25, 0.3) is 0 Å². The molecule has 0 unspecified atom stereocenters. The van der Waals surface area contributed by atoms with Crippen LogP contribution in [0.4, 0.5) is 0 Å². The van der Waals surface area contributed by atoms with Crippen LogP contribution in [-0.4, -0.2) is 24.3 Å². The largest absolute Gasteiger partial charge is 0.503 e. The van der Waals surface area contributed by atoms with Crippen molar-refractivity contribution < 1.29 is 14.6 Å². The van der Waals surface area contributed by atoms with E-state index in [1.807, 2.05) is 0 Å². The fourth-order valence-electron chi connectivity index (χ4n) is 5.89. The van der Waals surface area contributed by atoms with Crippen LogP contribution in [0.3, 0.4) is 0 Å². The Bertz CT molecular complexity index is 712. The molecule has 0 atom stereocenters. The van der Waals surface area contributed by atoms with Crippen LogP contribution in [-0.2, 0) is 4.79 Å². The number of benzene rings is 1. The molecular weight excluding hydrogens is 396 g/mol. The van der Waals surface area contributed by atoms with Crippen molar-refractivity contribution in [1.82, 2.24) is 5.43 Å². The number of phenols is 1. The van der Waals surface area contributed by atoms with Crippen molar-refractivity contribution in [3.8, 4) is 11.5 Å². The second-order valence-electron chi connectivity index (χ2n) is 8.44. The number of rotatable bonds is 5. The first kappa shape index (κ1) is 17.8. The molecule has 1 aromatic carbocycles. The maximum Gasteiger partial charge on any atom is 0.240 e. The van der Waals surface area contributed by atoms with Crippen molar-refractivity contribution in [3.05, 3.63) is 22.2 Å². The van der Waals surface area contributed by atoms with E-state index in [0.717, 1.165) is 23.3 Å². The summed E-state index contributed by atoms with van der Waals surface area (Å²) < 4.78 is 5.65. The van der Waals surface area contributed by atoms with E-state index >= 15 is 0 Å². The summed E-state index contributed by atoms with van der Waals surface area (Å²) in [5.41, 5.74) is 3.65. The van der Waals surface area contributed by atoms with Crippen LogP contribution < -0.4 is 10.2 Å². The number of carbonyl (C=O) groups excluding carboxylic acids is 1. The first-order valence-corrected chi connectivity index (χ1v) is 10.1. The second kappa shape index (κ2) is 6.87. The number of methoxy groups -OCH3 is 1. The maximum atomic E-state index is 12.5. The molecule has 4 aliphatic rings. The third-order valence-electron chi connectivity index (χ3n) is 6.37. The topological polar surface area (TPSA) is 70.9 Å². The summed E-state index contributed by atoms with van der Waals surface area (Å²) in [6, 6.07) is 3.40. The maximum absolute atomic E-state index is 12.5. The van der Waals surface area contributed by atoms with Gasteiger partial charge >= 0.3 is 0 Å². The lowest BCUT2D eigenvalue weighted by molar-refractivity contribution is -0.129. The van der Waals surface area contributed by atoms with Crippen LogP contribution in [0, 0.1) is 23.2 Å². The van der Waals surface area contributed by atoms with Crippen molar-refractivity contribution in [3.63, 3.8) is 0 Å². The third kappa shape index (κ3) is 3.48. The molecule has 4 fully saturated rings. The van der Waals surface area contributed by atoms with Crippen molar-refractivity contribution in [1.29, 1.82) is 0 Å². The predicted molar refractivity (Wildman–Crippen MR) is 103 cm³/mol. The third-order valence-corrected chi connectivity index (χ3v) is 6.98. The molecule has 2 N–H and O–H groups in total. The average Bonchev–Trinajstić information content (AvgIpc) is 2.56. The van der Waals surface area contributed by atoms with Gasteiger partial charge in [-0.25, -0.2) is 5.43 Å². The number of nitrogens with one attached hydrogen (secondary N) is 1. The quantitative estimate of drug-likeness (QED) is 0.553. The molecule has 4 bridgehead atoms. The molecule has 0 spiro atoms. The Labute approximate surface area is 162 Å². The van der Waals surface area contributed by atoms with Gasteiger partial charge in [0.05, 0.1) is 17.8 Å². The minimum Gasteiger partial charge on any atom is -0.503 e. The molecule has 5 rings (SSSR count). The molecule has 4 saturated carbocycles. The average molecular weight is 421 g/mol. The molecule has 0 radical (unpaired) electrons. The Hall–Kier alpha value is -1.56. The van der Waals surface area contributed by atoms with Crippen LogP contribution in [0.1, 0.15) is 50.5 Å². The number of ether oxygens (including phenoxy) is 1. The van der Waals surface area contributed by atoms with E-state index in [4.69, 9.17) is 4.74 Å². The van der Waals surface area contributed by atoms with Gasteiger partial charge in [0.25, 0.3) is 0 Å². The number of hydrogen-bond acceptors (Lipinski definition) is 4. The number of amides is 1. The Morgan fingerprint density at radius 2 is 1.92 bits per heavy atom. The lowest BCUT2D eigenvalue weighted by Gasteiger charge is -2.56. The highest BCUT2D eigenvalue weighted by Gasteiger charge is 2.51. The standard InChI is InChI=1S/C20H25BrN2O3/c1-26-17-6-15(5-16(21)19(17)25)11-22-23-18(24)10-20-7-12-2-13(8-20)4-14(3-12)9-20/h5-6,11-14,25H,2-4,7-10H2,1H3,(H,23,24)/b22-11+. The van der Waals surface area contributed by atoms with Gasteiger partial charge in [-0.15, -0.1) is 0 Å². The Kier molecular flexibility index (Phi) is 4.71. The van der Waals surface area contributed by atoms with Crippen molar-refractivity contribution in [2.75, 3.05) is 7.11 Å². The number of phenolic OH excluding ortho intramolecular Hbond substituents is 1. The van der Waals surface area contributed by atoms with Gasteiger partial charge in [-0.1, -0.05) is 0 Å². The normalized spacial score (nSPS) is 32.2. The van der Waals surface area contributed by atoms with Crippen LogP contribution >= 0.6 is 15.9 Å². The number of nitrogens with zero attached hydrogens (tertiary/aromatic N) is 1. The molecule has 6 heteroatoms. The van der Waals surface area contributed by atoms with Gasteiger partial charge in [-0.3, -0.25) is 4.79 Å². The zero-order valence-corrected chi connectivity index (χ0v) is 16.6. The molecule has 4 aliphatic carbocycles. The van der Waals surface area contributed by atoms with Crippen molar-refractivity contribution >= 4 is 28.1 Å². The monoisotopic (exact) mass is 420 g/mol. The summed E-state index contributed by atoms with van der Waals surface area (Å²) in [6.45, 7) is 0. The highest BCUT2D eigenvalue weighted by molar-refractivity contribution is 9.10. The highest BCUT2D eigenvalue weighted by atomic mass is 79.9. The fourth-order valence-corrected chi connectivity index (χ4v) is 6.35. The van der Waals surface area contributed by atoms with E-state index in [1.54, 1.807) is 18.3 Å². The SMILES string of the molecule is COc1cc(/C=N/NC(=O)CC23CC4CC(CC(C4)C2)C3)cc(Br)c1O. The molecule has 1 amide bonds. The zero-order chi connectivity index (χ0) is 18.3. The number of hydrogen-bond donors (Lipinski definition) is 2. The zero-order valence-electron chi connectivity index (χ0n) is 15.0. The van der Waals surface area contributed by atoms with E-state index in [1.165, 1.54) is 45.6 Å². The molecule has 0 aliphatic heterocycles. The van der Waals surface area contributed by atoms with Crippen molar-refractivity contribution in [2.45, 2.75) is 44.9 Å². The summed E-state index contributed by atoms with van der Waals surface area (Å²) in [5.74, 6) is 2.96. The number of carbonyl (C=O) groups is 1. The fraction of sp³-hybridized carbons (Fsp3) is 0.600. The van der Waals surface area contributed by atoms with Crippen LogP contribution in [0.15, 0.2) is 21.7 Å². The van der Waals surface area contributed by atoms with E-state index < -0.39 is 0 Å². The van der Waals surface area contributed by atoms with Gasteiger partial charge in [0.15, 0.2) is 11.5 Å². The minimum absolute atomic E-state index is 0.00742. The van der Waals surface area contributed by atoms with Crippen LogP contribution in [0.5, 0.6) is 11.5 Å². The van der Waals surface area contributed by atoms with Gasteiger partial charge in [0.2, 0.25) is 5.91 Å². The predicted octanol–water partition coefficient (Wildman–Crippen LogP) is 4.22. The van der Waals surface area contributed by atoms with Gasteiger partial charge in [-0.05, 0) is 95.3 Å². The Morgan fingerprint density at radius 3 is 2.50 bits per heavy atom. The number of aromatic hydroxyl groups is 1. The van der Waals surface area contributed by atoms with Gasteiger partial charge in [0.1, 0.15) is 0 Å². The molecule has 0 saturated heterocycles. The first-order valence-electron chi connectivity index (χ1n) is 9.35. The smallest absolute Gasteiger partial charge is 0.240 e. The van der Waals surface area contributed by atoms with E-state index in [2.05, 4.69) is 26.5 Å². The molecule has 0 aromatic heterocycles. The van der Waals surface area contributed by atoms with E-state index in [9.17, 15) is 9.90 Å². The van der Waals surface area contributed by atoms with Gasteiger partial charge in [0, 0.05) is 6.42 Å². The first-order chi connectivity index (χ1) is 12.5. The second-order valence-corrected chi connectivity index (χ2v) is 9.30. The molecular formula is C20H25BrN2O3. The molecule has 5 nitrogen and oxygen atoms in total. The summed E-state index contributed by atoms with van der Waals surface area (Å²) in [7, 11) is 1.50. The van der Waals surface area contributed by atoms with Crippen LogP contribution in [0.2, 0.25) is 0 Å². The molecule has 140 valence electrons.